The van der Waals surface area contributed by atoms with Gasteiger partial charge in [-0.25, -0.2) is 0 Å². The number of anilines is 2. The van der Waals surface area contributed by atoms with E-state index in [2.05, 4.69) is 20.8 Å². The Labute approximate surface area is 170 Å². The van der Waals surface area contributed by atoms with Gasteiger partial charge >= 0.3 is 0 Å². The van der Waals surface area contributed by atoms with Gasteiger partial charge in [-0.05, 0) is 56.7 Å². The van der Waals surface area contributed by atoms with Crippen molar-refractivity contribution in [1.82, 2.24) is 15.0 Å². The van der Waals surface area contributed by atoms with E-state index < -0.39 is 0 Å². The van der Waals surface area contributed by atoms with Crippen molar-refractivity contribution in [1.29, 1.82) is 0 Å². The number of carbonyl (C=O) groups is 2. The average molecular weight is 391 g/mol. The van der Waals surface area contributed by atoms with Crippen molar-refractivity contribution in [3.63, 3.8) is 0 Å². The van der Waals surface area contributed by atoms with Crippen LogP contribution >= 0.6 is 0 Å². The molecule has 3 aromatic rings. The van der Waals surface area contributed by atoms with Crippen molar-refractivity contribution < 1.29 is 9.59 Å². The number of nitrogens with zero attached hydrogens (tertiary/aromatic N) is 3. The van der Waals surface area contributed by atoms with Gasteiger partial charge < -0.3 is 10.6 Å². The molecule has 1 heterocycles. The quantitative estimate of drug-likeness (QED) is 0.687. The molecule has 0 bridgehead atoms. The van der Waals surface area contributed by atoms with Crippen LogP contribution in [-0.2, 0) is 4.79 Å². The highest BCUT2D eigenvalue weighted by Gasteiger charge is 2.17. The topological polar surface area (TPSA) is 88.9 Å². The van der Waals surface area contributed by atoms with E-state index in [4.69, 9.17) is 0 Å². The van der Waals surface area contributed by atoms with Crippen molar-refractivity contribution in [2.24, 2.45) is 5.92 Å². The molecule has 0 saturated heterocycles. The molecule has 2 amide bonds. The van der Waals surface area contributed by atoms with Crippen LogP contribution in [0.2, 0.25) is 0 Å². The molecular weight excluding hydrogens is 366 g/mol. The van der Waals surface area contributed by atoms with Crippen molar-refractivity contribution in [2.45, 2.75) is 34.6 Å². The molecule has 0 atom stereocenters. The van der Waals surface area contributed by atoms with Gasteiger partial charge in [-0.1, -0.05) is 31.5 Å². The Morgan fingerprint density at radius 3 is 2.10 bits per heavy atom. The molecule has 3 rings (SSSR count). The van der Waals surface area contributed by atoms with E-state index in [9.17, 15) is 9.59 Å². The van der Waals surface area contributed by atoms with E-state index >= 15 is 0 Å². The van der Waals surface area contributed by atoms with Crippen LogP contribution in [0.4, 0.5) is 11.4 Å². The van der Waals surface area contributed by atoms with Crippen LogP contribution in [0.3, 0.4) is 0 Å². The minimum atomic E-state index is -0.336. The molecule has 7 nitrogen and oxygen atoms in total. The van der Waals surface area contributed by atoms with Gasteiger partial charge in [0.15, 0.2) is 5.69 Å². The smallest absolute Gasteiger partial charge is 0.278 e. The van der Waals surface area contributed by atoms with Crippen molar-refractivity contribution >= 4 is 23.2 Å². The van der Waals surface area contributed by atoms with Crippen molar-refractivity contribution in [3.8, 4) is 5.69 Å². The van der Waals surface area contributed by atoms with E-state index in [0.717, 1.165) is 16.8 Å². The Hall–Kier alpha value is -3.48. The summed E-state index contributed by atoms with van der Waals surface area (Å²) < 4.78 is 0. The van der Waals surface area contributed by atoms with Crippen LogP contribution in [0.15, 0.2) is 42.5 Å². The molecule has 0 aliphatic heterocycles. The second-order valence-corrected chi connectivity index (χ2v) is 7.39. The summed E-state index contributed by atoms with van der Waals surface area (Å²) in [6.07, 6.45) is 0. The van der Waals surface area contributed by atoms with Crippen LogP contribution in [0, 0.1) is 26.7 Å². The van der Waals surface area contributed by atoms with Gasteiger partial charge in [0.1, 0.15) is 0 Å². The zero-order chi connectivity index (χ0) is 21.1. The molecule has 0 radical (unpaired) electrons. The fourth-order valence-corrected chi connectivity index (χ4v) is 2.84. The molecule has 29 heavy (non-hydrogen) atoms. The molecule has 0 spiro atoms. The van der Waals surface area contributed by atoms with Crippen molar-refractivity contribution in [3.05, 3.63) is 65.0 Å². The van der Waals surface area contributed by atoms with Crippen LogP contribution in [-0.4, -0.2) is 26.8 Å². The first-order chi connectivity index (χ1) is 13.7. The number of benzene rings is 2. The Balaban J connectivity index is 1.74. The summed E-state index contributed by atoms with van der Waals surface area (Å²) >= 11 is 0. The van der Waals surface area contributed by atoms with Gasteiger partial charge in [-0.3, -0.25) is 9.59 Å². The highest BCUT2D eigenvalue weighted by Crippen LogP contribution is 2.18. The molecule has 7 heteroatoms. The molecule has 2 N–H and O–H groups in total. The number of rotatable bonds is 5. The fraction of sp³-hybridized carbons (Fsp3) is 0.273. The highest BCUT2D eigenvalue weighted by molar-refractivity contribution is 6.03. The normalized spacial score (nSPS) is 10.8. The van der Waals surface area contributed by atoms with Crippen LogP contribution < -0.4 is 10.6 Å². The number of aryl methyl sites for hydroxylation is 3. The average Bonchev–Trinajstić information content (AvgIpc) is 3.04. The summed E-state index contributed by atoms with van der Waals surface area (Å²) in [5.41, 5.74) is 5.12. The maximum atomic E-state index is 12.7. The lowest BCUT2D eigenvalue weighted by molar-refractivity contribution is -0.118. The van der Waals surface area contributed by atoms with E-state index in [-0.39, 0.29) is 23.4 Å². The fourth-order valence-electron chi connectivity index (χ4n) is 2.84. The van der Waals surface area contributed by atoms with Gasteiger partial charge in [0.05, 0.1) is 11.4 Å². The third kappa shape index (κ3) is 4.68. The zero-order valence-electron chi connectivity index (χ0n) is 17.3. The first-order valence-electron chi connectivity index (χ1n) is 9.48. The Bertz CT molecular complexity index is 1050. The third-order valence-corrected chi connectivity index (χ3v) is 4.50. The number of carbonyl (C=O) groups excluding carboxylic acids is 2. The molecule has 2 aromatic carbocycles. The second-order valence-electron chi connectivity index (χ2n) is 7.39. The van der Waals surface area contributed by atoms with E-state index in [0.29, 0.717) is 17.1 Å². The summed E-state index contributed by atoms with van der Waals surface area (Å²) in [5.74, 6) is -0.491. The van der Waals surface area contributed by atoms with Crippen LogP contribution in [0.5, 0.6) is 0 Å². The van der Waals surface area contributed by atoms with E-state index in [1.165, 1.54) is 4.80 Å². The molecule has 1 aromatic heterocycles. The lowest BCUT2D eigenvalue weighted by Crippen LogP contribution is -2.18. The van der Waals surface area contributed by atoms with E-state index in [1.54, 1.807) is 31.2 Å². The first-order valence-corrected chi connectivity index (χ1v) is 9.48. The molecule has 0 unspecified atom stereocenters. The SMILES string of the molecule is Cc1ccc(-n2nc(C)c(C(=O)Nc3ccc(NC(=O)C(C)C)cc3)n2)c(C)c1. The maximum Gasteiger partial charge on any atom is 0.278 e. The highest BCUT2D eigenvalue weighted by atomic mass is 16.2. The standard InChI is InChI=1S/C22H25N5O2/c1-13(2)21(28)23-17-7-9-18(10-8-17)24-22(29)20-16(5)25-27(26-20)19-11-6-14(3)12-15(19)4/h6-13H,1-5H3,(H,23,28)(H,24,29). The molecule has 150 valence electrons. The number of aromatic nitrogens is 3. The van der Waals surface area contributed by atoms with Gasteiger partial charge in [0.2, 0.25) is 5.91 Å². The van der Waals surface area contributed by atoms with Crippen LogP contribution in [0.1, 0.15) is 41.2 Å². The maximum absolute atomic E-state index is 12.7. The monoisotopic (exact) mass is 391 g/mol. The molecule has 0 fully saturated rings. The molecule has 0 saturated carbocycles. The Morgan fingerprint density at radius 2 is 1.52 bits per heavy atom. The summed E-state index contributed by atoms with van der Waals surface area (Å²) in [4.78, 5) is 25.9. The van der Waals surface area contributed by atoms with Gasteiger partial charge in [0, 0.05) is 17.3 Å². The summed E-state index contributed by atoms with van der Waals surface area (Å²) in [7, 11) is 0. The van der Waals surface area contributed by atoms with Gasteiger partial charge in [-0.2, -0.15) is 9.90 Å². The number of hydrogen-bond donors (Lipinski definition) is 2. The van der Waals surface area contributed by atoms with Crippen LogP contribution in [0.25, 0.3) is 5.69 Å². The summed E-state index contributed by atoms with van der Waals surface area (Å²) in [5, 5.41) is 14.4. The minimum Gasteiger partial charge on any atom is -0.326 e. The second kappa shape index (κ2) is 8.26. The lowest BCUT2D eigenvalue weighted by atomic mass is 10.1. The third-order valence-electron chi connectivity index (χ3n) is 4.50. The number of nitrogens with one attached hydrogen (secondary N) is 2. The minimum absolute atomic E-state index is 0.0552. The molecular formula is C22H25N5O2. The van der Waals surface area contributed by atoms with E-state index in [1.807, 2.05) is 45.9 Å². The number of amides is 2. The Kier molecular flexibility index (Phi) is 5.77. The number of hydrogen-bond acceptors (Lipinski definition) is 4. The lowest BCUT2D eigenvalue weighted by Gasteiger charge is -2.09. The summed E-state index contributed by atoms with van der Waals surface area (Å²) in [6, 6.07) is 12.9. The Morgan fingerprint density at radius 1 is 0.897 bits per heavy atom. The largest absolute Gasteiger partial charge is 0.326 e. The predicted octanol–water partition coefficient (Wildman–Crippen LogP) is 4.04. The first kappa shape index (κ1) is 20.3. The van der Waals surface area contributed by atoms with Gasteiger partial charge in [0.25, 0.3) is 5.91 Å². The zero-order valence-corrected chi connectivity index (χ0v) is 17.3. The summed E-state index contributed by atoms with van der Waals surface area (Å²) in [6.45, 7) is 9.43. The molecule has 0 aliphatic rings. The van der Waals surface area contributed by atoms with Crippen molar-refractivity contribution in [2.75, 3.05) is 10.6 Å². The van der Waals surface area contributed by atoms with Gasteiger partial charge in [-0.15, -0.1) is 5.10 Å². The molecule has 0 aliphatic carbocycles. The predicted molar refractivity (Wildman–Crippen MR) is 113 cm³/mol.